The number of rotatable bonds is 27. The summed E-state index contributed by atoms with van der Waals surface area (Å²) in [6.07, 6.45) is 0.298. The van der Waals surface area contributed by atoms with Crippen LogP contribution in [0.1, 0.15) is 121 Å². The van der Waals surface area contributed by atoms with Crippen LogP contribution in [0.2, 0.25) is 0 Å². The van der Waals surface area contributed by atoms with Crippen LogP contribution in [0.25, 0.3) is 0 Å². The van der Waals surface area contributed by atoms with E-state index in [1.165, 1.54) is 40.7 Å². The molecular weight excluding hydrogens is 1290 g/mol. The molecule has 2 aliphatic rings. The van der Waals surface area contributed by atoms with Crippen LogP contribution >= 0.6 is 0 Å². The van der Waals surface area contributed by atoms with E-state index in [9.17, 15) is 97.5 Å². The van der Waals surface area contributed by atoms with E-state index in [0.29, 0.717) is 12.3 Å². The van der Waals surface area contributed by atoms with Crippen molar-refractivity contribution in [2.24, 2.45) is 41.2 Å². The minimum atomic E-state index is -2.86. The summed E-state index contributed by atoms with van der Waals surface area (Å²) < 4.78 is 5.27. The van der Waals surface area contributed by atoms with Gasteiger partial charge in [-0.05, 0) is 89.5 Å². The minimum absolute atomic E-state index is 0.0174. The van der Waals surface area contributed by atoms with Crippen molar-refractivity contribution in [2.45, 2.75) is 193 Å². The number of nitrogens with two attached hydrogens (primary N) is 1. The van der Waals surface area contributed by atoms with Gasteiger partial charge in [-0.1, -0.05) is 66.7 Å². The average molecular weight is 1390 g/mol. The number of carboxylic acids is 4. The highest BCUT2D eigenvalue weighted by Gasteiger charge is 2.46. The van der Waals surface area contributed by atoms with Crippen LogP contribution in [0.15, 0.2) is 24.3 Å². The summed E-state index contributed by atoms with van der Waals surface area (Å²) in [5.41, 5.74) is 5.77. The number of hydrogen-bond acceptors (Lipinski definition) is 20. The number of aliphatic carboxylic acids is 4. The molecule has 2 fully saturated rings. The van der Waals surface area contributed by atoms with E-state index in [1.54, 1.807) is 40.2 Å². The predicted octanol–water partition coefficient (Wildman–Crippen LogP) is -5.24. The first kappa shape index (κ1) is 85.0. The summed E-state index contributed by atoms with van der Waals surface area (Å²) in [4.78, 5) is 222. The number of allylic oxidation sites excluding steroid dienone is 3. The van der Waals surface area contributed by atoms with Crippen LogP contribution < -0.4 is 64.0 Å². The Morgan fingerprint density at radius 3 is 1.84 bits per heavy atom. The van der Waals surface area contributed by atoms with Crippen molar-refractivity contribution in [1.29, 1.82) is 0 Å². The number of esters is 1. The number of carboxylic acid groups (broad SMARTS) is 4. The van der Waals surface area contributed by atoms with Crippen molar-refractivity contribution in [2.75, 3.05) is 47.3 Å². The molecule has 0 aromatic heterocycles. The lowest BCUT2D eigenvalue weighted by atomic mass is 9.97. The van der Waals surface area contributed by atoms with Crippen LogP contribution in [0, 0.1) is 35.5 Å². The molecule has 0 radical (unpaired) electrons. The van der Waals surface area contributed by atoms with Crippen molar-refractivity contribution in [3.63, 3.8) is 0 Å². The molecule has 35 nitrogen and oxygen atoms in total. The number of nitrogens with one attached hydrogen (secondary N) is 10. The summed E-state index contributed by atoms with van der Waals surface area (Å²) >= 11 is 0. The van der Waals surface area contributed by atoms with Gasteiger partial charge in [0.15, 0.2) is 12.2 Å². The first-order valence-electron chi connectivity index (χ1n) is 32.4. The Labute approximate surface area is 568 Å². The maximum absolute atomic E-state index is 15.0. The molecule has 2 aliphatic heterocycles. The van der Waals surface area contributed by atoms with Gasteiger partial charge in [0.1, 0.15) is 60.9 Å². The topological polar surface area (TPSA) is 536 Å². The molecule has 0 aliphatic carbocycles. The van der Waals surface area contributed by atoms with E-state index in [4.69, 9.17) is 10.5 Å². The largest absolute Gasteiger partial charge is 0.550 e. The van der Waals surface area contributed by atoms with Crippen molar-refractivity contribution in [3.05, 3.63) is 24.3 Å². The molecule has 0 saturated carbocycles. The standard InChI is InChI=1S/C63H101N13O22/c1-30(2)20-16-14-15-17-22-41(77)69-47(34(8)61(93)94)57(89)73-49-36(10)66-54(86)40-24-33(7)28-75(40)60(92)46(32(5)6)72-56(88)48(35(9)62(95)96)70-42(78)27-65-52(84)39(26-44(81)82)68-59(91)50(51(83)63(97)98-37(25-43(79)80)29-76(11,12)13)74-53(85)38(21-18-19-23-64)67-55(87)45(31(3)4)71-58(49)90/h14-15,17,22,30-40,45-51,83H,16,18-21,23-29,64H2,1-13H3,(H13-,65,66,67,68,69,70,71,72,73,74,77,78,79,80,81,82,84,85,86,87,88,89,90,91,93,94,95,96)/b15-14-,22-17+/t33-,34?,35?,36?,37?,38+,39+,40+,45-,46+,47+,48-,49+,50+,51?/m1/s1. The molecule has 0 aromatic carbocycles. The van der Waals surface area contributed by atoms with E-state index in [0.717, 1.165) is 31.2 Å². The maximum atomic E-state index is 15.0. The fourth-order valence-electron chi connectivity index (χ4n) is 10.4. The first-order chi connectivity index (χ1) is 45.5. The number of quaternary nitrogens is 1. The summed E-state index contributed by atoms with van der Waals surface area (Å²) in [5, 5.41) is 76.7. The molecule has 11 amide bonds. The average Bonchev–Trinajstić information content (AvgIpc) is 1.57. The number of hydrogen-bond donors (Lipinski definition) is 15. The second kappa shape index (κ2) is 39.9. The number of amides is 11. The van der Waals surface area contributed by atoms with Gasteiger partial charge in [0.05, 0.1) is 52.0 Å². The Morgan fingerprint density at radius 2 is 1.29 bits per heavy atom. The Kier molecular flexibility index (Phi) is 34.6. The monoisotopic (exact) mass is 1390 g/mol. The highest BCUT2D eigenvalue weighted by atomic mass is 16.6. The molecule has 5 unspecified atom stereocenters. The van der Waals surface area contributed by atoms with Crippen molar-refractivity contribution in [1.82, 2.24) is 58.1 Å². The predicted molar refractivity (Wildman–Crippen MR) is 345 cm³/mol. The fourth-order valence-corrected chi connectivity index (χ4v) is 10.4. The van der Waals surface area contributed by atoms with Crippen LogP contribution in [0.4, 0.5) is 0 Å². The summed E-state index contributed by atoms with van der Waals surface area (Å²) in [7, 11) is 4.72. The van der Waals surface area contributed by atoms with E-state index in [1.807, 2.05) is 24.5 Å². The Morgan fingerprint density at radius 1 is 0.704 bits per heavy atom. The molecule has 2 heterocycles. The second-order valence-corrected chi connectivity index (χ2v) is 26.9. The van der Waals surface area contributed by atoms with Gasteiger partial charge in [-0.3, -0.25) is 67.1 Å². The van der Waals surface area contributed by atoms with Crippen LogP contribution in [0.3, 0.4) is 0 Å². The molecule has 550 valence electrons. The third-order valence-corrected chi connectivity index (χ3v) is 16.0. The second-order valence-electron chi connectivity index (χ2n) is 26.9. The molecule has 0 aromatic rings. The number of nitrogens with zero attached hydrogens (tertiary/aromatic N) is 2. The summed E-state index contributed by atoms with van der Waals surface area (Å²) in [6.45, 7) is 13.4. The van der Waals surface area contributed by atoms with Gasteiger partial charge in [-0.25, -0.2) is 4.79 Å². The quantitative estimate of drug-likeness (QED) is 0.0120. The number of unbranched alkanes of at least 4 members (excludes halogenated alkanes) is 1. The van der Waals surface area contributed by atoms with Crippen molar-refractivity contribution in [3.8, 4) is 0 Å². The molecule has 0 spiro atoms. The Balaban J connectivity index is 3.08. The lowest BCUT2D eigenvalue weighted by Crippen LogP contribution is -2.65. The molecule has 2 saturated heterocycles. The van der Waals surface area contributed by atoms with Gasteiger partial charge < -0.3 is 103 Å². The third kappa shape index (κ3) is 28.1. The Bertz CT molecular complexity index is 2950. The number of aliphatic hydroxyl groups excluding tert-OH is 1. The molecular formula is C63H101N13O22. The van der Waals surface area contributed by atoms with E-state index < -0.39 is 216 Å². The number of ether oxygens (including phenoxy) is 1. The maximum Gasteiger partial charge on any atom is 0.338 e. The molecule has 98 heavy (non-hydrogen) atoms. The zero-order chi connectivity index (χ0) is 74.8. The van der Waals surface area contributed by atoms with Crippen LogP contribution in [0.5, 0.6) is 0 Å². The highest BCUT2D eigenvalue weighted by Crippen LogP contribution is 2.26. The van der Waals surface area contributed by atoms with Crippen LogP contribution in [-0.2, 0) is 81.4 Å². The smallest absolute Gasteiger partial charge is 0.338 e. The summed E-state index contributed by atoms with van der Waals surface area (Å²) in [6, 6.07) is -19.0. The van der Waals surface area contributed by atoms with Crippen LogP contribution in [-0.4, -0.2) is 245 Å². The number of fused-ring (bicyclic) bond motifs is 1. The van der Waals surface area contributed by atoms with Gasteiger partial charge in [0.2, 0.25) is 65.0 Å². The first-order valence-corrected chi connectivity index (χ1v) is 32.4. The molecule has 15 atom stereocenters. The molecule has 0 bridgehead atoms. The number of carbonyl (C=O) groups is 16. The lowest BCUT2D eigenvalue weighted by molar-refractivity contribution is -0.873. The van der Waals surface area contributed by atoms with Gasteiger partial charge in [-0.2, -0.15) is 0 Å². The van der Waals surface area contributed by atoms with Crippen molar-refractivity contribution < 1.29 is 111 Å². The third-order valence-electron chi connectivity index (χ3n) is 16.0. The lowest BCUT2D eigenvalue weighted by Gasteiger charge is -2.34. The van der Waals surface area contributed by atoms with Gasteiger partial charge in [0.25, 0.3) is 0 Å². The van der Waals surface area contributed by atoms with E-state index >= 15 is 4.79 Å². The SMILES string of the molecule is CC(C)CC/C=C\C=C\C(=O)N[C@H](C(=O)N[C@@H]1C(=O)N[C@H](C(C)C)C(=O)N[C@@H](CCCCN)C(=O)N[C@@H](C(O)C(=O)OC(CC(=O)[O-])C[N+](C)(C)C)C(=O)N[C@@H](CC(=O)O)C(=O)NCC(=O)N[C@H](C(C)C(=O)O)C(=O)N[C@@H](C(C)C)C(=O)N2C[C@H](C)C[C@H]2C(=O)NC1C)C(C)C(=O)O. The fraction of sp³-hybridized carbons (Fsp3) is 0.683. The van der Waals surface area contributed by atoms with Gasteiger partial charge in [-0.15, -0.1) is 0 Å². The number of carbonyl (C=O) groups excluding carboxylic acids is 13. The molecule has 16 N–H and O–H groups in total. The number of likely N-dealkylation sites (N-methyl/N-ethyl adjacent to an activating group) is 1. The van der Waals surface area contributed by atoms with E-state index in [-0.39, 0.29) is 49.8 Å². The molecule has 2 rings (SSSR count). The highest BCUT2D eigenvalue weighted by molar-refractivity contribution is 6.02. The van der Waals surface area contributed by atoms with Gasteiger partial charge >= 0.3 is 23.9 Å². The normalized spacial score (nSPS) is 25.0. The zero-order valence-corrected chi connectivity index (χ0v) is 57.8. The Hall–Kier alpha value is -9.12. The number of aliphatic hydroxyl groups is 1. The van der Waals surface area contributed by atoms with E-state index in [2.05, 4.69) is 42.5 Å². The summed E-state index contributed by atoms with van der Waals surface area (Å²) in [5.74, 6) is -27.5. The van der Waals surface area contributed by atoms with Crippen molar-refractivity contribution >= 4 is 94.8 Å². The van der Waals surface area contributed by atoms with Gasteiger partial charge in [0, 0.05) is 25.0 Å². The zero-order valence-electron chi connectivity index (χ0n) is 57.8. The minimum Gasteiger partial charge on any atom is -0.550 e. The molecule has 35 heteroatoms.